The number of rotatable bonds is 4. The fraction of sp³-hybridized carbons (Fsp3) is 0.308. The SMILES string of the molecule is CC(C)NC(=O)NC(=O)Cn1nnc(-c2ccccc2Cl)n1. The van der Waals surface area contributed by atoms with Crippen molar-refractivity contribution in [1.29, 1.82) is 0 Å². The van der Waals surface area contributed by atoms with Gasteiger partial charge < -0.3 is 5.32 Å². The first-order valence-corrected chi connectivity index (χ1v) is 6.96. The highest BCUT2D eigenvalue weighted by atomic mass is 35.5. The van der Waals surface area contributed by atoms with Crippen LogP contribution < -0.4 is 10.6 Å². The summed E-state index contributed by atoms with van der Waals surface area (Å²) < 4.78 is 0. The molecule has 0 fully saturated rings. The van der Waals surface area contributed by atoms with Crippen LogP contribution in [0.1, 0.15) is 13.8 Å². The van der Waals surface area contributed by atoms with E-state index in [1.165, 1.54) is 0 Å². The van der Waals surface area contributed by atoms with Gasteiger partial charge in [0.1, 0.15) is 6.54 Å². The number of hydrogen-bond donors (Lipinski definition) is 2. The van der Waals surface area contributed by atoms with E-state index in [0.717, 1.165) is 4.80 Å². The lowest BCUT2D eigenvalue weighted by molar-refractivity contribution is -0.121. The van der Waals surface area contributed by atoms with Crippen molar-refractivity contribution in [3.63, 3.8) is 0 Å². The number of aromatic nitrogens is 4. The van der Waals surface area contributed by atoms with E-state index in [2.05, 4.69) is 26.0 Å². The molecule has 0 aliphatic heterocycles. The molecule has 1 aromatic heterocycles. The van der Waals surface area contributed by atoms with Crippen LogP contribution in [0.15, 0.2) is 24.3 Å². The van der Waals surface area contributed by atoms with Gasteiger partial charge in [-0.15, -0.1) is 10.2 Å². The molecule has 1 aromatic carbocycles. The molecule has 0 aliphatic carbocycles. The molecule has 2 aromatic rings. The van der Waals surface area contributed by atoms with E-state index < -0.39 is 11.9 Å². The van der Waals surface area contributed by atoms with Crippen molar-refractivity contribution in [1.82, 2.24) is 30.8 Å². The number of urea groups is 1. The summed E-state index contributed by atoms with van der Waals surface area (Å²) in [6.07, 6.45) is 0. The molecule has 0 aliphatic rings. The molecular formula is C13H15ClN6O2. The van der Waals surface area contributed by atoms with E-state index in [-0.39, 0.29) is 12.6 Å². The molecular weight excluding hydrogens is 308 g/mol. The predicted molar refractivity (Wildman–Crippen MR) is 80.1 cm³/mol. The van der Waals surface area contributed by atoms with E-state index in [0.29, 0.717) is 16.4 Å². The number of nitrogens with one attached hydrogen (secondary N) is 2. The third-order valence-corrected chi connectivity index (χ3v) is 2.85. The largest absolute Gasteiger partial charge is 0.336 e. The third-order valence-electron chi connectivity index (χ3n) is 2.53. The number of carbonyl (C=O) groups excluding carboxylic acids is 2. The normalized spacial score (nSPS) is 10.5. The number of tetrazole rings is 1. The summed E-state index contributed by atoms with van der Waals surface area (Å²) in [6.45, 7) is 3.36. The van der Waals surface area contributed by atoms with Crippen molar-refractivity contribution < 1.29 is 9.59 Å². The Morgan fingerprint density at radius 1 is 1.32 bits per heavy atom. The topological polar surface area (TPSA) is 102 Å². The molecule has 2 rings (SSSR count). The highest BCUT2D eigenvalue weighted by molar-refractivity contribution is 6.33. The Kier molecular flexibility index (Phi) is 5.05. The number of imide groups is 1. The van der Waals surface area contributed by atoms with E-state index >= 15 is 0 Å². The fourth-order valence-corrected chi connectivity index (χ4v) is 1.87. The molecule has 0 saturated carbocycles. The zero-order valence-electron chi connectivity index (χ0n) is 12.1. The number of carbonyl (C=O) groups is 2. The van der Waals surface area contributed by atoms with Crippen molar-refractivity contribution in [3.8, 4) is 11.4 Å². The highest BCUT2D eigenvalue weighted by Crippen LogP contribution is 2.23. The third kappa shape index (κ3) is 4.26. The second-order valence-electron chi connectivity index (χ2n) is 4.80. The van der Waals surface area contributed by atoms with Crippen LogP contribution in [-0.4, -0.2) is 38.2 Å². The van der Waals surface area contributed by atoms with Gasteiger partial charge in [0, 0.05) is 11.6 Å². The quantitative estimate of drug-likeness (QED) is 0.881. The molecule has 0 unspecified atom stereocenters. The number of amides is 3. The second kappa shape index (κ2) is 6.99. The van der Waals surface area contributed by atoms with Crippen LogP contribution in [-0.2, 0) is 11.3 Å². The van der Waals surface area contributed by atoms with Crippen molar-refractivity contribution in [2.24, 2.45) is 0 Å². The fourth-order valence-electron chi connectivity index (χ4n) is 1.65. The molecule has 0 spiro atoms. The van der Waals surface area contributed by atoms with Gasteiger partial charge in [-0.3, -0.25) is 10.1 Å². The monoisotopic (exact) mass is 322 g/mol. The van der Waals surface area contributed by atoms with E-state index in [1.807, 2.05) is 0 Å². The molecule has 2 N–H and O–H groups in total. The molecule has 0 atom stereocenters. The Hall–Kier alpha value is -2.48. The van der Waals surface area contributed by atoms with Gasteiger partial charge in [-0.05, 0) is 31.2 Å². The summed E-state index contributed by atoms with van der Waals surface area (Å²) in [7, 11) is 0. The van der Waals surface area contributed by atoms with Gasteiger partial charge in [-0.1, -0.05) is 23.7 Å². The maximum absolute atomic E-state index is 11.7. The van der Waals surface area contributed by atoms with Crippen LogP contribution in [0, 0.1) is 0 Å². The van der Waals surface area contributed by atoms with E-state index in [4.69, 9.17) is 11.6 Å². The second-order valence-corrected chi connectivity index (χ2v) is 5.21. The molecule has 0 bridgehead atoms. The first kappa shape index (κ1) is 15.9. The van der Waals surface area contributed by atoms with Crippen molar-refractivity contribution in [3.05, 3.63) is 29.3 Å². The Labute approximate surface area is 131 Å². The molecule has 0 radical (unpaired) electrons. The summed E-state index contributed by atoms with van der Waals surface area (Å²) >= 11 is 6.04. The molecule has 22 heavy (non-hydrogen) atoms. The minimum Gasteiger partial charge on any atom is -0.336 e. The predicted octanol–water partition coefficient (Wildman–Crippen LogP) is 1.23. The van der Waals surface area contributed by atoms with Crippen molar-refractivity contribution in [2.45, 2.75) is 26.4 Å². The summed E-state index contributed by atoms with van der Waals surface area (Å²) in [4.78, 5) is 24.2. The van der Waals surface area contributed by atoms with Crippen molar-refractivity contribution >= 4 is 23.5 Å². The van der Waals surface area contributed by atoms with Gasteiger partial charge in [-0.25, -0.2) is 4.79 Å². The van der Waals surface area contributed by atoms with Crippen molar-refractivity contribution in [2.75, 3.05) is 0 Å². The number of hydrogen-bond acceptors (Lipinski definition) is 5. The Morgan fingerprint density at radius 3 is 2.73 bits per heavy atom. The molecule has 3 amide bonds. The zero-order chi connectivity index (χ0) is 16.1. The van der Waals surface area contributed by atoms with Crippen LogP contribution in [0.25, 0.3) is 11.4 Å². The first-order chi connectivity index (χ1) is 10.5. The van der Waals surface area contributed by atoms with Gasteiger partial charge in [0.25, 0.3) is 5.91 Å². The average Bonchev–Trinajstić information content (AvgIpc) is 2.86. The Morgan fingerprint density at radius 2 is 2.05 bits per heavy atom. The molecule has 0 saturated heterocycles. The van der Waals surface area contributed by atoms with E-state index in [1.54, 1.807) is 38.1 Å². The van der Waals surface area contributed by atoms with Crippen LogP contribution in [0.3, 0.4) is 0 Å². The Balaban J connectivity index is 1.99. The zero-order valence-corrected chi connectivity index (χ0v) is 12.8. The number of nitrogens with zero attached hydrogens (tertiary/aromatic N) is 4. The first-order valence-electron chi connectivity index (χ1n) is 6.58. The minimum atomic E-state index is -0.563. The average molecular weight is 323 g/mol. The van der Waals surface area contributed by atoms with Gasteiger partial charge in [0.2, 0.25) is 5.82 Å². The summed E-state index contributed by atoms with van der Waals surface area (Å²) in [5, 5.41) is 16.9. The lowest BCUT2D eigenvalue weighted by Crippen LogP contribution is -2.43. The Bertz CT molecular complexity index is 685. The van der Waals surface area contributed by atoms with Gasteiger partial charge >= 0.3 is 6.03 Å². The lowest BCUT2D eigenvalue weighted by Gasteiger charge is -2.08. The van der Waals surface area contributed by atoms with E-state index in [9.17, 15) is 9.59 Å². The summed E-state index contributed by atoms with van der Waals surface area (Å²) in [5.41, 5.74) is 0.619. The maximum atomic E-state index is 11.7. The summed E-state index contributed by atoms with van der Waals surface area (Å²) in [6, 6.07) is 6.41. The molecule has 9 heteroatoms. The number of halogens is 1. The standard InChI is InChI=1S/C13H15ClN6O2/c1-8(2)15-13(22)16-11(21)7-20-18-12(17-19-20)9-5-3-4-6-10(9)14/h3-6,8H,7H2,1-2H3,(H2,15,16,21,22). The maximum Gasteiger partial charge on any atom is 0.321 e. The summed E-state index contributed by atoms with van der Waals surface area (Å²) in [5.74, 6) is -0.230. The van der Waals surface area contributed by atoms with Gasteiger partial charge in [-0.2, -0.15) is 4.80 Å². The smallest absolute Gasteiger partial charge is 0.321 e. The van der Waals surface area contributed by atoms with Gasteiger partial charge in [0.05, 0.1) is 5.02 Å². The molecule has 8 nitrogen and oxygen atoms in total. The van der Waals surface area contributed by atoms with Gasteiger partial charge in [0.15, 0.2) is 0 Å². The number of benzene rings is 1. The lowest BCUT2D eigenvalue weighted by atomic mass is 10.2. The molecule has 116 valence electrons. The highest BCUT2D eigenvalue weighted by Gasteiger charge is 2.13. The molecule has 1 heterocycles. The minimum absolute atomic E-state index is 0.0656. The van der Waals surface area contributed by atoms with Crippen LogP contribution in [0.4, 0.5) is 4.79 Å². The van der Waals surface area contributed by atoms with Crippen LogP contribution >= 0.6 is 11.6 Å². The van der Waals surface area contributed by atoms with Crippen LogP contribution in [0.5, 0.6) is 0 Å². The van der Waals surface area contributed by atoms with Crippen LogP contribution in [0.2, 0.25) is 5.02 Å².